The van der Waals surface area contributed by atoms with E-state index in [4.69, 9.17) is 5.11 Å². The Bertz CT molecular complexity index is 245. The first-order valence-electron chi connectivity index (χ1n) is 7.19. The fourth-order valence-corrected chi connectivity index (χ4v) is 2.99. The summed E-state index contributed by atoms with van der Waals surface area (Å²) in [6.07, 6.45) is 9.26. The molecule has 2 aliphatic carbocycles. The minimum atomic E-state index is 0.237. The van der Waals surface area contributed by atoms with Gasteiger partial charge in [0.05, 0.1) is 6.54 Å². The van der Waals surface area contributed by atoms with E-state index in [1.54, 1.807) is 0 Å². The zero-order valence-corrected chi connectivity index (χ0v) is 10.7. The molecule has 0 heterocycles. The van der Waals surface area contributed by atoms with Gasteiger partial charge in [-0.2, -0.15) is 0 Å². The lowest BCUT2D eigenvalue weighted by molar-refractivity contribution is -0.124. The predicted molar refractivity (Wildman–Crippen MR) is 67.9 cm³/mol. The van der Waals surface area contributed by atoms with Gasteiger partial charge in [-0.3, -0.25) is 9.69 Å². The molecule has 0 saturated heterocycles. The molecule has 3 heteroatoms. The molecular formula is C14H25NO2. The van der Waals surface area contributed by atoms with E-state index in [1.165, 1.54) is 32.1 Å². The van der Waals surface area contributed by atoms with Crippen LogP contribution in [-0.4, -0.2) is 41.5 Å². The Morgan fingerprint density at radius 3 is 2.35 bits per heavy atom. The van der Waals surface area contributed by atoms with Gasteiger partial charge in [-0.1, -0.05) is 19.3 Å². The summed E-state index contributed by atoms with van der Waals surface area (Å²) in [6, 6.07) is 0.618. The van der Waals surface area contributed by atoms with E-state index in [-0.39, 0.29) is 6.61 Å². The molecule has 0 aromatic carbocycles. The molecule has 3 nitrogen and oxygen atoms in total. The lowest BCUT2D eigenvalue weighted by Gasteiger charge is -2.37. The molecule has 0 aromatic rings. The number of rotatable bonds is 7. The molecule has 0 radical (unpaired) electrons. The average molecular weight is 239 g/mol. The van der Waals surface area contributed by atoms with Crippen LogP contribution in [0.4, 0.5) is 0 Å². The van der Waals surface area contributed by atoms with Crippen LogP contribution in [0, 0.1) is 5.92 Å². The van der Waals surface area contributed by atoms with E-state index in [0.717, 1.165) is 25.8 Å². The highest BCUT2D eigenvalue weighted by atomic mass is 16.3. The van der Waals surface area contributed by atoms with Crippen molar-refractivity contribution in [3.8, 4) is 0 Å². The number of ketones is 1. The van der Waals surface area contributed by atoms with E-state index < -0.39 is 0 Å². The Labute approximate surface area is 104 Å². The van der Waals surface area contributed by atoms with Crippen molar-refractivity contribution in [2.45, 2.75) is 57.4 Å². The molecule has 0 amide bonds. The summed E-state index contributed by atoms with van der Waals surface area (Å²) in [6.45, 7) is 1.76. The fraction of sp³-hybridized carbons (Fsp3) is 0.929. The molecule has 2 saturated carbocycles. The highest BCUT2D eigenvalue weighted by Crippen LogP contribution is 2.28. The van der Waals surface area contributed by atoms with Crippen LogP contribution in [0.2, 0.25) is 0 Å². The van der Waals surface area contributed by atoms with Gasteiger partial charge in [-0.15, -0.1) is 0 Å². The minimum absolute atomic E-state index is 0.237. The smallest absolute Gasteiger partial charge is 0.149 e. The molecule has 2 fully saturated rings. The van der Waals surface area contributed by atoms with Gasteiger partial charge in [0.15, 0.2) is 0 Å². The molecule has 2 rings (SSSR count). The van der Waals surface area contributed by atoms with Crippen molar-refractivity contribution < 1.29 is 9.90 Å². The molecule has 1 N–H and O–H groups in total. The summed E-state index contributed by atoms with van der Waals surface area (Å²) in [5.74, 6) is 0.791. The van der Waals surface area contributed by atoms with Gasteiger partial charge in [0.2, 0.25) is 0 Å². The molecule has 0 aromatic heterocycles. The number of aliphatic hydroxyl groups excluding tert-OH is 1. The van der Waals surface area contributed by atoms with Crippen molar-refractivity contribution in [2.24, 2.45) is 5.92 Å². The molecule has 0 aliphatic heterocycles. The number of hydrogen-bond donors (Lipinski definition) is 1. The fourth-order valence-electron chi connectivity index (χ4n) is 2.99. The van der Waals surface area contributed by atoms with E-state index in [9.17, 15) is 4.79 Å². The zero-order valence-electron chi connectivity index (χ0n) is 10.7. The number of carbonyl (C=O) groups excluding carboxylic acids is 1. The van der Waals surface area contributed by atoms with Gasteiger partial charge >= 0.3 is 0 Å². The van der Waals surface area contributed by atoms with E-state index in [1.807, 2.05) is 0 Å². The van der Waals surface area contributed by atoms with Gasteiger partial charge < -0.3 is 5.11 Å². The van der Waals surface area contributed by atoms with Crippen molar-refractivity contribution in [1.29, 1.82) is 0 Å². The van der Waals surface area contributed by atoms with Gasteiger partial charge in [-0.05, 0) is 32.1 Å². The van der Waals surface area contributed by atoms with Crippen LogP contribution in [0.3, 0.4) is 0 Å². The SMILES string of the molecule is O=C(CN(CCCO)C1CCC1)C1CCCC1. The topological polar surface area (TPSA) is 40.5 Å². The second-order valence-electron chi connectivity index (χ2n) is 5.58. The first-order chi connectivity index (χ1) is 8.31. The van der Waals surface area contributed by atoms with Gasteiger partial charge in [-0.25, -0.2) is 0 Å². The summed E-state index contributed by atoms with van der Waals surface area (Å²) in [5.41, 5.74) is 0. The third kappa shape index (κ3) is 3.52. The Balaban J connectivity index is 1.80. The lowest BCUT2D eigenvalue weighted by Crippen LogP contribution is -2.44. The standard InChI is InChI=1S/C14H25NO2/c16-10-4-9-15(13-7-3-8-13)11-14(17)12-5-1-2-6-12/h12-13,16H,1-11H2. The van der Waals surface area contributed by atoms with E-state index in [0.29, 0.717) is 24.3 Å². The summed E-state index contributed by atoms with van der Waals surface area (Å²) in [5, 5.41) is 8.92. The van der Waals surface area contributed by atoms with Crippen molar-refractivity contribution in [3.63, 3.8) is 0 Å². The average Bonchev–Trinajstić information content (AvgIpc) is 2.76. The Morgan fingerprint density at radius 2 is 1.82 bits per heavy atom. The van der Waals surface area contributed by atoms with Crippen molar-refractivity contribution >= 4 is 5.78 Å². The number of aliphatic hydroxyl groups is 1. The van der Waals surface area contributed by atoms with Crippen LogP contribution in [0.5, 0.6) is 0 Å². The molecule has 0 atom stereocenters. The van der Waals surface area contributed by atoms with Crippen LogP contribution < -0.4 is 0 Å². The van der Waals surface area contributed by atoms with Crippen LogP contribution >= 0.6 is 0 Å². The zero-order chi connectivity index (χ0) is 12.1. The van der Waals surface area contributed by atoms with Gasteiger partial charge in [0.25, 0.3) is 0 Å². The third-order valence-corrected chi connectivity index (χ3v) is 4.36. The maximum absolute atomic E-state index is 12.2. The lowest BCUT2D eigenvalue weighted by atomic mass is 9.90. The number of Topliss-reactive ketones (excluding diaryl/α,β-unsaturated/α-hetero) is 1. The molecule has 2 aliphatic rings. The van der Waals surface area contributed by atoms with Crippen LogP contribution in [0.25, 0.3) is 0 Å². The molecule has 0 unspecified atom stereocenters. The highest BCUT2D eigenvalue weighted by molar-refractivity contribution is 5.83. The monoisotopic (exact) mass is 239 g/mol. The molecule has 0 bridgehead atoms. The minimum Gasteiger partial charge on any atom is -0.396 e. The third-order valence-electron chi connectivity index (χ3n) is 4.36. The van der Waals surface area contributed by atoms with Crippen LogP contribution in [0.15, 0.2) is 0 Å². The number of carbonyl (C=O) groups is 1. The maximum atomic E-state index is 12.2. The Hall–Kier alpha value is -0.410. The normalized spacial score (nSPS) is 22.0. The second-order valence-corrected chi connectivity index (χ2v) is 5.58. The van der Waals surface area contributed by atoms with Crippen LogP contribution in [0.1, 0.15) is 51.4 Å². The van der Waals surface area contributed by atoms with E-state index >= 15 is 0 Å². The Kier molecular flexibility index (Phi) is 4.99. The quantitative estimate of drug-likeness (QED) is 0.738. The molecule has 0 spiro atoms. The first-order valence-corrected chi connectivity index (χ1v) is 7.19. The molecular weight excluding hydrogens is 214 g/mol. The summed E-state index contributed by atoms with van der Waals surface area (Å²) in [4.78, 5) is 14.5. The second kappa shape index (κ2) is 6.50. The highest BCUT2D eigenvalue weighted by Gasteiger charge is 2.29. The van der Waals surface area contributed by atoms with E-state index in [2.05, 4.69) is 4.90 Å². The summed E-state index contributed by atoms with van der Waals surface area (Å²) >= 11 is 0. The van der Waals surface area contributed by atoms with Gasteiger partial charge in [0, 0.05) is 25.1 Å². The predicted octanol–water partition coefficient (Wildman–Crippen LogP) is 1.98. The summed E-state index contributed by atoms with van der Waals surface area (Å²) < 4.78 is 0. The first kappa shape index (κ1) is 13.0. The van der Waals surface area contributed by atoms with Crippen molar-refractivity contribution in [2.75, 3.05) is 19.7 Å². The van der Waals surface area contributed by atoms with Gasteiger partial charge in [0.1, 0.15) is 5.78 Å². The maximum Gasteiger partial charge on any atom is 0.149 e. The molecule has 98 valence electrons. The largest absolute Gasteiger partial charge is 0.396 e. The Morgan fingerprint density at radius 1 is 1.12 bits per heavy atom. The van der Waals surface area contributed by atoms with Crippen molar-refractivity contribution in [3.05, 3.63) is 0 Å². The van der Waals surface area contributed by atoms with Crippen LogP contribution in [-0.2, 0) is 4.79 Å². The van der Waals surface area contributed by atoms with Crippen molar-refractivity contribution in [1.82, 2.24) is 4.90 Å². The summed E-state index contributed by atoms with van der Waals surface area (Å²) in [7, 11) is 0. The molecule has 17 heavy (non-hydrogen) atoms. The number of nitrogens with zero attached hydrogens (tertiary/aromatic N) is 1. The number of hydrogen-bond acceptors (Lipinski definition) is 3.